The Morgan fingerprint density at radius 3 is 2.18 bits per heavy atom. The lowest BCUT2D eigenvalue weighted by Gasteiger charge is -2.27. The summed E-state index contributed by atoms with van der Waals surface area (Å²) in [4.78, 5) is 40.7. The number of nitrogens with one attached hydrogen (secondary N) is 1. The predicted molar refractivity (Wildman–Crippen MR) is 126 cm³/mol. The molecular formula is C24H33N3O5S. The number of carbonyl (C=O) groups excluding carboxylic acids is 3. The van der Waals surface area contributed by atoms with Crippen LogP contribution in [0.15, 0.2) is 41.3 Å². The van der Waals surface area contributed by atoms with E-state index < -0.39 is 33.8 Å². The second-order valence-corrected chi connectivity index (χ2v) is 10.9. The first-order valence-electron chi connectivity index (χ1n) is 11.5. The molecule has 3 unspecified atom stereocenters. The smallest absolute Gasteiger partial charge is 0.247 e. The lowest BCUT2D eigenvalue weighted by Crippen LogP contribution is -2.48. The molecule has 0 spiro atoms. The minimum absolute atomic E-state index is 0.0662. The molecule has 9 heteroatoms. The maximum atomic E-state index is 13.3. The third-order valence-electron chi connectivity index (χ3n) is 6.30. The Kier molecular flexibility index (Phi) is 7.74. The quantitative estimate of drug-likeness (QED) is 0.437. The zero-order valence-electron chi connectivity index (χ0n) is 19.7. The van der Waals surface area contributed by atoms with Crippen LogP contribution in [0.4, 0.5) is 5.69 Å². The summed E-state index contributed by atoms with van der Waals surface area (Å²) >= 11 is 0. The van der Waals surface area contributed by atoms with Crippen molar-refractivity contribution in [2.45, 2.75) is 57.9 Å². The molecule has 1 aromatic rings. The largest absolute Gasteiger partial charge is 0.324 e. The van der Waals surface area contributed by atoms with Gasteiger partial charge in [0, 0.05) is 18.8 Å². The number of likely N-dealkylation sites (tertiary alicyclic amines) is 1. The summed E-state index contributed by atoms with van der Waals surface area (Å²) in [5, 5.41) is 2.75. The standard InChI is InChI=1S/C24H33N3O5S/c1-5-26(6-2)33(31,32)18-11-9-10-17(15-18)25-22(28)21(14-16(3)4)27-23(29)19-12-7-8-13-20(19)24(27)30/h7-11,15-16,19-21H,5-6,12-14H2,1-4H3,(H,25,28). The first-order chi connectivity index (χ1) is 15.6. The maximum absolute atomic E-state index is 13.3. The van der Waals surface area contributed by atoms with E-state index in [1.165, 1.54) is 16.4 Å². The third kappa shape index (κ3) is 5.04. The van der Waals surface area contributed by atoms with Crippen molar-refractivity contribution >= 4 is 33.4 Å². The molecule has 0 saturated carbocycles. The lowest BCUT2D eigenvalue weighted by atomic mass is 9.85. The monoisotopic (exact) mass is 475 g/mol. The van der Waals surface area contributed by atoms with Gasteiger partial charge >= 0.3 is 0 Å². The van der Waals surface area contributed by atoms with Crippen molar-refractivity contribution < 1.29 is 22.8 Å². The SMILES string of the molecule is CCN(CC)S(=O)(=O)c1cccc(NC(=O)C(CC(C)C)N2C(=O)C3CC=CCC3C2=O)c1. The molecule has 33 heavy (non-hydrogen) atoms. The second-order valence-electron chi connectivity index (χ2n) is 8.95. The summed E-state index contributed by atoms with van der Waals surface area (Å²) in [6, 6.07) is 5.12. The van der Waals surface area contributed by atoms with Crippen LogP contribution in [0.5, 0.6) is 0 Å². The average Bonchev–Trinajstić information content (AvgIpc) is 3.03. The van der Waals surface area contributed by atoms with Crippen LogP contribution in [-0.4, -0.2) is 54.5 Å². The molecule has 1 saturated heterocycles. The van der Waals surface area contributed by atoms with Gasteiger partial charge in [0.2, 0.25) is 27.7 Å². The number of hydrogen-bond acceptors (Lipinski definition) is 5. The molecule has 8 nitrogen and oxygen atoms in total. The molecule has 1 N–H and O–H groups in total. The van der Waals surface area contributed by atoms with E-state index in [1.807, 2.05) is 26.0 Å². The van der Waals surface area contributed by atoms with Crippen LogP contribution in [0.3, 0.4) is 0 Å². The number of fused-ring (bicyclic) bond motifs is 1. The third-order valence-corrected chi connectivity index (χ3v) is 8.34. The summed E-state index contributed by atoms with van der Waals surface area (Å²) in [6.07, 6.45) is 5.16. The molecule has 0 bridgehead atoms. The van der Waals surface area contributed by atoms with E-state index >= 15 is 0 Å². The molecule has 180 valence electrons. The first-order valence-corrected chi connectivity index (χ1v) is 13.0. The van der Waals surface area contributed by atoms with Gasteiger partial charge in [-0.2, -0.15) is 4.31 Å². The zero-order valence-corrected chi connectivity index (χ0v) is 20.5. The van der Waals surface area contributed by atoms with Crippen molar-refractivity contribution in [2.24, 2.45) is 17.8 Å². The molecule has 1 fully saturated rings. The molecule has 2 aliphatic rings. The van der Waals surface area contributed by atoms with Gasteiger partial charge < -0.3 is 5.32 Å². The van der Waals surface area contributed by atoms with Gasteiger partial charge in [-0.25, -0.2) is 8.42 Å². The van der Waals surface area contributed by atoms with Gasteiger partial charge in [-0.3, -0.25) is 19.3 Å². The molecule has 3 rings (SSSR count). The van der Waals surface area contributed by atoms with Crippen molar-refractivity contribution in [3.05, 3.63) is 36.4 Å². The Hall–Kier alpha value is -2.52. The van der Waals surface area contributed by atoms with E-state index in [0.717, 1.165) is 4.90 Å². The number of amides is 3. The number of benzene rings is 1. The number of carbonyl (C=O) groups is 3. The zero-order chi connectivity index (χ0) is 24.3. The van der Waals surface area contributed by atoms with Crippen LogP contribution in [0.1, 0.15) is 47.0 Å². The summed E-state index contributed by atoms with van der Waals surface area (Å²) in [5.74, 6) is -1.84. The molecule has 0 radical (unpaired) electrons. The molecule has 1 aliphatic carbocycles. The number of anilines is 1. The second kappa shape index (κ2) is 10.2. The highest BCUT2D eigenvalue weighted by Crippen LogP contribution is 2.37. The van der Waals surface area contributed by atoms with Crippen molar-refractivity contribution in [3.63, 3.8) is 0 Å². The summed E-state index contributed by atoms with van der Waals surface area (Å²) < 4.78 is 27.1. The Bertz CT molecular complexity index is 1020. The highest BCUT2D eigenvalue weighted by molar-refractivity contribution is 7.89. The molecular weight excluding hydrogens is 442 g/mol. The van der Waals surface area contributed by atoms with Crippen LogP contribution in [-0.2, 0) is 24.4 Å². The lowest BCUT2D eigenvalue weighted by molar-refractivity contribution is -0.147. The van der Waals surface area contributed by atoms with Crippen LogP contribution in [0, 0.1) is 17.8 Å². The minimum Gasteiger partial charge on any atom is -0.324 e. The fourth-order valence-corrected chi connectivity index (χ4v) is 6.09. The Labute approximate surface area is 196 Å². The number of hydrogen-bond donors (Lipinski definition) is 1. The van der Waals surface area contributed by atoms with Crippen molar-refractivity contribution in [1.29, 1.82) is 0 Å². The molecule has 1 aliphatic heterocycles. The number of allylic oxidation sites excluding steroid dienone is 2. The van der Waals surface area contributed by atoms with Crippen molar-refractivity contribution in [2.75, 3.05) is 18.4 Å². The van der Waals surface area contributed by atoms with Gasteiger partial charge in [0.1, 0.15) is 6.04 Å². The van der Waals surface area contributed by atoms with E-state index in [9.17, 15) is 22.8 Å². The summed E-state index contributed by atoms with van der Waals surface area (Å²) in [7, 11) is -3.69. The average molecular weight is 476 g/mol. The molecule has 1 heterocycles. The van der Waals surface area contributed by atoms with E-state index in [1.54, 1.807) is 26.0 Å². The molecule has 3 amide bonds. The van der Waals surface area contributed by atoms with Crippen LogP contribution >= 0.6 is 0 Å². The minimum atomic E-state index is -3.69. The predicted octanol–water partition coefficient (Wildman–Crippen LogP) is 3.02. The van der Waals surface area contributed by atoms with E-state index in [0.29, 0.717) is 38.0 Å². The fraction of sp³-hybridized carbons (Fsp3) is 0.542. The summed E-state index contributed by atoms with van der Waals surface area (Å²) in [5.41, 5.74) is 0.306. The number of nitrogens with zero attached hydrogens (tertiary/aromatic N) is 2. The fourth-order valence-electron chi connectivity index (χ4n) is 4.58. The van der Waals surface area contributed by atoms with Crippen LogP contribution in [0.2, 0.25) is 0 Å². The van der Waals surface area contributed by atoms with Gasteiger partial charge in [0.05, 0.1) is 16.7 Å². The molecule has 1 aromatic carbocycles. The first kappa shape index (κ1) is 25.1. The van der Waals surface area contributed by atoms with Gasteiger partial charge in [0.25, 0.3) is 0 Å². The number of rotatable bonds is 9. The number of imide groups is 1. The normalized spacial score (nSPS) is 21.6. The number of sulfonamides is 1. The van der Waals surface area contributed by atoms with E-state index in [-0.39, 0.29) is 22.6 Å². The Balaban J connectivity index is 1.86. The van der Waals surface area contributed by atoms with Gasteiger partial charge in [-0.1, -0.05) is 45.9 Å². The highest BCUT2D eigenvalue weighted by atomic mass is 32.2. The van der Waals surface area contributed by atoms with Crippen LogP contribution in [0.25, 0.3) is 0 Å². The maximum Gasteiger partial charge on any atom is 0.247 e. The van der Waals surface area contributed by atoms with Gasteiger partial charge in [0.15, 0.2) is 0 Å². The Morgan fingerprint density at radius 2 is 1.67 bits per heavy atom. The van der Waals surface area contributed by atoms with Crippen LogP contribution < -0.4 is 5.32 Å². The van der Waals surface area contributed by atoms with E-state index in [4.69, 9.17) is 0 Å². The molecule has 0 aromatic heterocycles. The summed E-state index contributed by atoms with van der Waals surface area (Å²) in [6.45, 7) is 8.06. The highest BCUT2D eigenvalue weighted by Gasteiger charge is 2.51. The topological polar surface area (TPSA) is 104 Å². The molecule has 3 atom stereocenters. The van der Waals surface area contributed by atoms with E-state index in [2.05, 4.69) is 5.32 Å². The van der Waals surface area contributed by atoms with Crippen molar-refractivity contribution in [1.82, 2.24) is 9.21 Å². The Morgan fingerprint density at radius 1 is 1.09 bits per heavy atom. The van der Waals surface area contributed by atoms with Crippen molar-refractivity contribution in [3.8, 4) is 0 Å². The van der Waals surface area contributed by atoms with Gasteiger partial charge in [-0.05, 0) is 43.4 Å². The van der Waals surface area contributed by atoms with Gasteiger partial charge in [-0.15, -0.1) is 0 Å².